The third-order valence-corrected chi connectivity index (χ3v) is 5.17. The zero-order valence-corrected chi connectivity index (χ0v) is 16.7. The summed E-state index contributed by atoms with van der Waals surface area (Å²) >= 11 is 1.52. The van der Waals surface area contributed by atoms with E-state index in [1.165, 1.54) is 11.3 Å². The number of aliphatic hydroxyl groups is 2. The van der Waals surface area contributed by atoms with Crippen LogP contribution in [0.15, 0.2) is 58.8 Å². The zero-order chi connectivity index (χ0) is 20.9. The molecule has 154 valence electrons. The third-order valence-electron chi connectivity index (χ3n) is 4.37. The number of thiazole rings is 1. The summed E-state index contributed by atoms with van der Waals surface area (Å²) in [5.74, 6) is 0.377. The van der Waals surface area contributed by atoms with Crippen molar-refractivity contribution in [2.75, 3.05) is 23.4 Å². The molecule has 30 heavy (non-hydrogen) atoms. The van der Waals surface area contributed by atoms with Gasteiger partial charge in [-0.2, -0.15) is 9.97 Å². The minimum absolute atomic E-state index is 0.0705. The van der Waals surface area contributed by atoms with E-state index in [-0.39, 0.29) is 18.4 Å². The lowest BCUT2D eigenvalue weighted by Gasteiger charge is -2.24. The van der Waals surface area contributed by atoms with Gasteiger partial charge in [0.25, 0.3) is 0 Å². The van der Waals surface area contributed by atoms with E-state index in [0.29, 0.717) is 6.54 Å². The number of hydrogen-bond acceptors (Lipinski definition) is 9. The first-order valence-corrected chi connectivity index (χ1v) is 10.1. The smallest absolute Gasteiger partial charge is 0.351 e. The molecule has 0 radical (unpaired) electrons. The number of benzene rings is 2. The maximum Gasteiger partial charge on any atom is 0.351 e. The number of nitrogens with one attached hydrogen (secondary N) is 2. The highest BCUT2D eigenvalue weighted by molar-refractivity contribution is 7.16. The number of fused-ring (bicyclic) bond motifs is 1. The molecule has 4 N–H and O–H groups in total. The van der Waals surface area contributed by atoms with Gasteiger partial charge >= 0.3 is 5.69 Å². The van der Waals surface area contributed by atoms with Gasteiger partial charge in [-0.15, -0.1) is 11.3 Å². The van der Waals surface area contributed by atoms with Crippen molar-refractivity contribution < 1.29 is 10.2 Å². The summed E-state index contributed by atoms with van der Waals surface area (Å²) in [6, 6.07) is 15.2. The standard InChI is InChI=1S/C20H20N6O3S/c27-11-15(28)10-26(9-13-4-2-1-3-5-13)19-23-18(24-20(29)25-19)22-14-6-7-16-17(8-14)30-12-21-16/h1-8,12,15,27-28H,9-11H2,(H2,22,23,24,25,29). The summed E-state index contributed by atoms with van der Waals surface area (Å²) < 4.78 is 1.01. The molecule has 0 amide bonds. The van der Waals surface area contributed by atoms with E-state index in [4.69, 9.17) is 0 Å². The first-order valence-electron chi connectivity index (χ1n) is 9.27. The van der Waals surface area contributed by atoms with Gasteiger partial charge in [0.1, 0.15) is 0 Å². The molecule has 4 rings (SSSR count). The average Bonchev–Trinajstić information content (AvgIpc) is 3.21. The Hall–Kier alpha value is -3.34. The molecule has 0 saturated carbocycles. The third kappa shape index (κ3) is 4.79. The fraction of sp³-hybridized carbons (Fsp3) is 0.200. The van der Waals surface area contributed by atoms with E-state index in [1.807, 2.05) is 48.5 Å². The van der Waals surface area contributed by atoms with Crippen molar-refractivity contribution in [3.63, 3.8) is 0 Å². The molecule has 0 spiro atoms. The highest BCUT2D eigenvalue weighted by Gasteiger charge is 2.17. The summed E-state index contributed by atoms with van der Waals surface area (Å²) in [6.45, 7) is 0.0309. The molecule has 1 atom stereocenters. The average molecular weight is 424 g/mol. The molecule has 10 heteroatoms. The van der Waals surface area contributed by atoms with Gasteiger partial charge in [0.15, 0.2) is 0 Å². The summed E-state index contributed by atoms with van der Waals surface area (Å²) in [7, 11) is 0. The lowest BCUT2D eigenvalue weighted by molar-refractivity contribution is 0.0993. The Kier molecular flexibility index (Phi) is 5.98. The molecule has 4 aromatic rings. The summed E-state index contributed by atoms with van der Waals surface area (Å²) in [6.07, 6.45) is -0.998. The van der Waals surface area contributed by atoms with Crippen molar-refractivity contribution in [1.82, 2.24) is 19.9 Å². The number of H-pyrrole nitrogens is 1. The quantitative estimate of drug-likeness (QED) is 0.338. The molecule has 2 aromatic carbocycles. The van der Waals surface area contributed by atoms with Gasteiger partial charge in [-0.25, -0.2) is 9.78 Å². The van der Waals surface area contributed by atoms with Crippen LogP contribution in [-0.2, 0) is 6.54 Å². The SMILES string of the molecule is O=c1nc(N(Cc2ccccc2)CC(O)CO)nc(Nc2ccc3ncsc3c2)[nH]1. The Balaban J connectivity index is 1.63. The van der Waals surface area contributed by atoms with E-state index >= 15 is 0 Å². The zero-order valence-electron chi connectivity index (χ0n) is 15.9. The maximum absolute atomic E-state index is 12.2. The molecule has 0 aliphatic carbocycles. The minimum Gasteiger partial charge on any atom is -0.394 e. The second-order valence-corrected chi connectivity index (χ2v) is 7.55. The van der Waals surface area contributed by atoms with Crippen LogP contribution in [0.1, 0.15) is 5.56 Å². The van der Waals surface area contributed by atoms with Crippen LogP contribution in [0.4, 0.5) is 17.6 Å². The predicted octanol–water partition coefficient (Wildman–Crippen LogP) is 1.88. The molecular weight excluding hydrogens is 404 g/mol. The Bertz CT molecular complexity index is 1180. The second-order valence-electron chi connectivity index (χ2n) is 6.66. The van der Waals surface area contributed by atoms with E-state index in [9.17, 15) is 15.0 Å². The van der Waals surface area contributed by atoms with Crippen molar-refractivity contribution in [3.8, 4) is 0 Å². The number of rotatable bonds is 8. The Morgan fingerprint density at radius 2 is 2.00 bits per heavy atom. The van der Waals surface area contributed by atoms with Crippen LogP contribution >= 0.6 is 11.3 Å². The summed E-state index contributed by atoms with van der Waals surface area (Å²) in [4.78, 5) is 29.1. The molecule has 2 heterocycles. The van der Waals surface area contributed by atoms with Crippen molar-refractivity contribution >= 4 is 39.1 Å². The van der Waals surface area contributed by atoms with Gasteiger partial charge in [0.05, 0.1) is 28.4 Å². The lowest BCUT2D eigenvalue weighted by Crippen LogP contribution is -2.36. The Morgan fingerprint density at radius 3 is 2.80 bits per heavy atom. The molecule has 2 aromatic heterocycles. The fourth-order valence-electron chi connectivity index (χ4n) is 2.98. The largest absolute Gasteiger partial charge is 0.394 e. The van der Waals surface area contributed by atoms with Crippen molar-refractivity contribution in [3.05, 3.63) is 70.1 Å². The van der Waals surface area contributed by atoms with Gasteiger partial charge in [-0.1, -0.05) is 30.3 Å². The first-order chi connectivity index (χ1) is 14.6. The molecule has 0 aliphatic rings. The molecular formula is C20H20N6O3S. The summed E-state index contributed by atoms with van der Waals surface area (Å²) in [5, 5.41) is 22.3. The van der Waals surface area contributed by atoms with Crippen LogP contribution in [0.5, 0.6) is 0 Å². The lowest BCUT2D eigenvalue weighted by atomic mass is 10.2. The van der Waals surface area contributed by atoms with Crippen LogP contribution in [-0.4, -0.2) is 49.4 Å². The topological polar surface area (TPSA) is 127 Å². The van der Waals surface area contributed by atoms with Gasteiger partial charge in [-0.3, -0.25) is 4.98 Å². The van der Waals surface area contributed by atoms with E-state index < -0.39 is 18.4 Å². The van der Waals surface area contributed by atoms with Crippen LogP contribution in [0.25, 0.3) is 10.2 Å². The van der Waals surface area contributed by atoms with Crippen molar-refractivity contribution in [2.24, 2.45) is 0 Å². The van der Waals surface area contributed by atoms with Gasteiger partial charge in [-0.05, 0) is 23.8 Å². The van der Waals surface area contributed by atoms with Gasteiger partial charge in [0.2, 0.25) is 11.9 Å². The Labute approximate surface area is 175 Å². The number of anilines is 3. The number of hydrogen-bond donors (Lipinski definition) is 4. The molecule has 0 bridgehead atoms. The van der Waals surface area contributed by atoms with Crippen molar-refractivity contribution in [2.45, 2.75) is 12.6 Å². The fourth-order valence-corrected chi connectivity index (χ4v) is 3.69. The van der Waals surface area contributed by atoms with E-state index in [2.05, 4.69) is 25.3 Å². The monoisotopic (exact) mass is 424 g/mol. The minimum atomic E-state index is -0.998. The Morgan fingerprint density at radius 1 is 1.17 bits per heavy atom. The number of nitrogens with zero attached hydrogens (tertiary/aromatic N) is 4. The predicted molar refractivity (Wildman–Crippen MR) is 116 cm³/mol. The van der Waals surface area contributed by atoms with Crippen LogP contribution < -0.4 is 15.9 Å². The van der Waals surface area contributed by atoms with Crippen LogP contribution in [0, 0.1) is 0 Å². The first kappa shape index (κ1) is 20.0. The molecule has 0 aliphatic heterocycles. The van der Waals surface area contributed by atoms with Crippen molar-refractivity contribution in [1.29, 1.82) is 0 Å². The van der Waals surface area contributed by atoms with E-state index in [0.717, 1.165) is 21.5 Å². The van der Waals surface area contributed by atoms with Crippen LogP contribution in [0.3, 0.4) is 0 Å². The highest BCUT2D eigenvalue weighted by atomic mass is 32.1. The van der Waals surface area contributed by atoms with E-state index in [1.54, 1.807) is 10.4 Å². The second kappa shape index (κ2) is 8.99. The normalized spacial score (nSPS) is 12.1. The molecule has 0 saturated heterocycles. The van der Waals surface area contributed by atoms with Gasteiger partial charge in [0, 0.05) is 18.8 Å². The molecule has 1 unspecified atom stereocenters. The molecule has 9 nitrogen and oxygen atoms in total. The highest BCUT2D eigenvalue weighted by Crippen LogP contribution is 2.23. The number of aromatic nitrogens is 4. The van der Waals surface area contributed by atoms with Gasteiger partial charge < -0.3 is 20.4 Å². The summed E-state index contributed by atoms with van der Waals surface area (Å²) in [5.41, 5.74) is 3.80. The number of aromatic amines is 1. The number of aliphatic hydroxyl groups excluding tert-OH is 2. The van der Waals surface area contributed by atoms with Crippen LogP contribution in [0.2, 0.25) is 0 Å². The maximum atomic E-state index is 12.2. The molecule has 0 fully saturated rings.